The molecule has 0 spiro atoms. The number of amides is 2. The van der Waals surface area contributed by atoms with Gasteiger partial charge < -0.3 is 10.1 Å². The molecule has 9 nitrogen and oxygen atoms in total. The minimum atomic E-state index is -1.08. The summed E-state index contributed by atoms with van der Waals surface area (Å²) < 4.78 is 33.8. The van der Waals surface area contributed by atoms with Crippen molar-refractivity contribution < 1.29 is 23.1 Å². The second-order valence-corrected chi connectivity index (χ2v) is 8.18. The maximum atomic E-state index is 13.8. The fraction of sp³-hybridized carbons (Fsp3) is 0.318. The first-order valence-electron chi connectivity index (χ1n) is 10.2. The van der Waals surface area contributed by atoms with Crippen LogP contribution in [0.25, 0.3) is 11.3 Å². The quantitative estimate of drug-likeness (QED) is 0.538. The number of aryl methyl sites for hydroxylation is 1. The molecular weight excluding hydrogens is 434 g/mol. The van der Waals surface area contributed by atoms with Crippen LogP contribution >= 0.6 is 0 Å². The first-order valence-corrected chi connectivity index (χ1v) is 10.2. The third kappa shape index (κ3) is 4.81. The molecule has 1 fully saturated rings. The van der Waals surface area contributed by atoms with E-state index >= 15 is 0 Å². The van der Waals surface area contributed by atoms with Crippen molar-refractivity contribution in [3.8, 4) is 11.3 Å². The van der Waals surface area contributed by atoms with Crippen LogP contribution in [0.1, 0.15) is 38.4 Å². The third-order valence-corrected chi connectivity index (χ3v) is 5.56. The van der Waals surface area contributed by atoms with Crippen LogP contribution in [0, 0.1) is 17.2 Å². The number of hydrogen-bond acceptors (Lipinski definition) is 6. The van der Waals surface area contributed by atoms with Gasteiger partial charge in [-0.2, -0.15) is 9.49 Å². The van der Waals surface area contributed by atoms with Gasteiger partial charge in [-0.05, 0) is 38.0 Å². The summed E-state index contributed by atoms with van der Waals surface area (Å²) in [6, 6.07) is 4.32. The van der Waals surface area contributed by atoms with E-state index in [2.05, 4.69) is 25.7 Å². The Morgan fingerprint density at radius 2 is 1.91 bits per heavy atom. The van der Waals surface area contributed by atoms with Gasteiger partial charge in [0.15, 0.2) is 0 Å². The maximum absolute atomic E-state index is 13.8. The van der Waals surface area contributed by atoms with Gasteiger partial charge in [0.05, 0.1) is 41.1 Å². The normalized spacial score (nSPS) is 14.9. The molecule has 1 atom stereocenters. The lowest BCUT2D eigenvalue weighted by Gasteiger charge is -2.15. The van der Waals surface area contributed by atoms with E-state index in [0.717, 1.165) is 25.1 Å². The van der Waals surface area contributed by atoms with Crippen LogP contribution in [0.3, 0.4) is 0 Å². The van der Waals surface area contributed by atoms with Crippen molar-refractivity contribution in [1.29, 1.82) is 0 Å². The summed E-state index contributed by atoms with van der Waals surface area (Å²) in [6.45, 7) is 3.32. The molecule has 33 heavy (non-hydrogen) atoms. The summed E-state index contributed by atoms with van der Waals surface area (Å²) in [4.78, 5) is 32.3. The van der Waals surface area contributed by atoms with Gasteiger partial charge in [-0.25, -0.2) is 14.2 Å². The third-order valence-electron chi connectivity index (χ3n) is 5.56. The molecule has 0 bridgehead atoms. The number of anilines is 2. The maximum Gasteiger partial charge on any atom is 0.413 e. The monoisotopic (exact) mass is 456 g/mol. The van der Waals surface area contributed by atoms with E-state index in [1.54, 1.807) is 19.2 Å². The predicted molar refractivity (Wildman–Crippen MR) is 115 cm³/mol. The Kier molecular flexibility index (Phi) is 5.79. The Bertz CT molecular complexity index is 1210. The molecular formula is C22H22F2N6O3. The molecule has 0 saturated heterocycles. The summed E-state index contributed by atoms with van der Waals surface area (Å²) in [5.74, 6) is -1.42. The van der Waals surface area contributed by atoms with Crippen molar-refractivity contribution in [3.63, 3.8) is 0 Å². The highest BCUT2D eigenvalue weighted by molar-refractivity contribution is 5.97. The fourth-order valence-electron chi connectivity index (χ4n) is 3.17. The van der Waals surface area contributed by atoms with E-state index in [1.165, 1.54) is 24.0 Å². The fourth-order valence-corrected chi connectivity index (χ4v) is 3.17. The number of nitrogens with zero attached hydrogens (tertiary/aromatic N) is 4. The molecule has 1 saturated carbocycles. The van der Waals surface area contributed by atoms with E-state index < -0.39 is 24.0 Å². The molecule has 172 valence electrons. The number of ether oxygens (including phenoxy) is 1. The van der Waals surface area contributed by atoms with Crippen molar-refractivity contribution in [1.82, 2.24) is 19.7 Å². The highest BCUT2D eigenvalue weighted by atomic mass is 19.1. The van der Waals surface area contributed by atoms with Gasteiger partial charge in [0.25, 0.3) is 0 Å². The molecule has 0 unspecified atom stereocenters. The topological polar surface area (TPSA) is 111 Å². The molecule has 0 aromatic carbocycles. The molecule has 2 amide bonds. The SMILES string of the molecule is C[C@@H](OC(=O)Nc1c(-c2ccc(NC(=O)C3(C)CC3)cn2)cnn1C)c1cc(F)cnc1F. The van der Waals surface area contributed by atoms with Gasteiger partial charge in [0.1, 0.15) is 17.7 Å². The Morgan fingerprint density at radius 3 is 2.58 bits per heavy atom. The molecule has 1 aliphatic rings. The van der Waals surface area contributed by atoms with Crippen molar-refractivity contribution in [2.24, 2.45) is 12.5 Å². The molecule has 3 aromatic rings. The number of nitrogens with one attached hydrogen (secondary N) is 2. The van der Waals surface area contributed by atoms with Crippen molar-refractivity contribution >= 4 is 23.5 Å². The first kappa shape index (κ1) is 22.3. The molecule has 4 rings (SSSR count). The number of rotatable bonds is 6. The highest BCUT2D eigenvalue weighted by Gasteiger charge is 2.44. The Morgan fingerprint density at radius 1 is 1.15 bits per heavy atom. The zero-order valence-corrected chi connectivity index (χ0v) is 18.2. The summed E-state index contributed by atoms with van der Waals surface area (Å²) in [6.07, 6.45) is 3.54. The summed E-state index contributed by atoms with van der Waals surface area (Å²) in [5.41, 5.74) is 1.08. The van der Waals surface area contributed by atoms with E-state index in [1.807, 2.05) is 6.92 Å². The second-order valence-electron chi connectivity index (χ2n) is 8.18. The first-order chi connectivity index (χ1) is 15.7. The van der Waals surface area contributed by atoms with Crippen LogP contribution in [0.5, 0.6) is 0 Å². The lowest BCUT2D eigenvalue weighted by Crippen LogP contribution is -2.21. The molecule has 1 aliphatic carbocycles. The summed E-state index contributed by atoms with van der Waals surface area (Å²) in [7, 11) is 1.61. The average Bonchev–Trinajstić information content (AvgIpc) is 3.44. The summed E-state index contributed by atoms with van der Waals surface area (Å²) >= 11 is 0. The van der Waals surface area contributed by atoms with Crippen LogP contribution in [-0.4, -0.2) is 31.7 Å². The van der Waals surface area contributed by atoms with Gasteiger partial charge in [-0.15, -0.1) is 0 Å². The molecule has 2 N–H and O–H groups in total. The lowest BCUT2D eigenvalue weighted by molar-refractivity contribution is -0.120. The van der Waals surface area contributed by atoms with Gasteiger partial charge in [0.2, 0.25) is 11.9 Å². The minimum absolute atomic E-state index is 0.0393. The molecule has 11 heteroatoms. The van der Waals surface area contributed by atoms with Gasteiger partial charge in [0, 0.05) is 12.5 Å². The Labute approximate surface area is 188 Å². The van der Waals surface area contributed by atoms with Crippen LogP contribution < -0.4 is 10.6 Å². The number of aromatic nitrogens is 4. The van der Waals surface area contributed by atoms with Crippen LogP contribution in [0.15, 0.2) is 36.8 Å². The summed E-state index contributed by atoms with van der Waals surface area (Å²) in [5, 5.41) is 9.54. The Hall–Kier alpha value is -3.89. The van der Waals surface area contributed by atoms with Crippen molar-refractivity contribution in [3.05, 3.63) is 54.1 Å². The number of halogens is 2. The highest BCUT2D eigenvalue weighted by Crippen LogP contribution is 2.45. The predicted octanol–water partition coefficient (Wildman–Crippen LogP) is 4.20. The number of carbonyl (C=O) groups is 2. The molecule has 3 aromatic heterocycles. The Balaban J connectivity index is 1.46. The minimum Gasteiger partial charge on any atom is -0.441 e. The molecule has 3 heterocycles. The van der Waals surface area contributed by atoms with Crippen LogP contribution in [0.2, 0.25) is 0 Å². The number of hydrogen-bond donors (Lipinski definition) is 2. The van der Waals surface area contributed by atoms with Crippen molar-refractivity contribution in [2.75, 3.05) is 10.6 Å². The van der Waals surface area contributed by atoms with Gasteiger partial charge >= 0.3 is 6.09 Å². The van der Waals surface area contributed by atoms with E-state index in [9.17, 15) is 18.4 Å². The van der Waals surface area contributed by atoms with Gasteiger partial charge in [-0.1, -0.05) is 6.92 Å². The van der Waals surface area contributed by atoms with E-state index in [-0.39, 0.29) is 16.9 Å². The van der Waals surface area contributed by atoms with Gasteiger partial charge in [-0.3, -0.25) is 19.8 Å². The number of carbonyl (C=O) groups excluding carboxylic acids is 2. The van der Waals surface area contributed by atoms with Crippen LogP contribution in [0.4, 0.5) is 25.1 Å². The van der Waals surface area contributed by atoms with E-state index in [0.29, 0.717) is 22.8 Å². The number of pyridine rings is 2. The lowest BCUT2D eigenvalue weighted by atomic mass is 10.1. The standard InChI is InChI=1S/C22H22F2N6O3/c1-12(15-8-13(23)9-26-18(15)24)33-21(32)29-19-16(11-27-30(19)3)17-5-4-14(10-25-17)28-20(31)22(2)6-7-22/h4-5,8-12H,6-7H2,1-3H3,(H,28,31)(H,29,32)/t12-/m1/s1. The zero-order chi connectivity index (χ0) is 23.8. The second kappa shape index (κ2) is 8.57. The molecule has 0 radical (unpaired) electrons. The largest absolute Gasteiger partial charge is 0.441 e. The van der Waals surface area contributed by atoms with E-state index in [4.69, 9.17) is 4.74 Å². The molecule has 0 aliphatic heterocycles. The average molecular weight is 456 g/mol. The van der Waals surface area contributed by atoms with Crippen LogP contribution in [-0.2, 0) is 16.6 Å². The smallest absolute Gasteiger partial charge is 0.413 e. The zero-order valence-electron chi connectivity index (χ0n) is 18.2. The van der Waals surface area contributed by atoms with Crippen molar-refractivity contribution in [2.45, 2.75) is 32.8 Å².